The quantitative estimate of drug-likeness (QED) is 0.731. The fourth-order valence-corrected chi connectivity index (χ4v) is 3.49. The highest BCUT2D eigenvalue weighted by atomic mass is 35.5. The molecule has 6 nitrogen and oxygen atoms in total. The number of hydrogen-bond donors (Lipinski definition) is 3. The maximum atomic E-state index is 11.0. The predicted octanol–water partition coefficient (Wildman–Crippen LogP) is 4.01. The number of hydrogen-bond acceptors (Lipinski definition) is 5. The lowest BCUT2D eigenvalue weighted by Crippen LogP contribution is -2.31. The van der Waals surface area contributed by atoms with Gasteiger partial charge in [-0.05, 0) is 31.5 Å². The van der Waals surface area contributed by atoms with Crippen molar-refractivity contribution >= 4 is 34.9 Å². The molecule has 0 amide bonds. The number of rotatable bonds is 4. The van der Waals surface area contributed by atoms with Gasteiger partial charge in [-0.15, -0.1) is 0 Å². The molecule has 0 fully saturated rings. The summed E-state index contributed by atoms with van der Waals surface area (Å²) in [6.45, 7) is 1.83. The highest BCUT2D eigenvalue weighted by Gasteiger charge is 2.34. The van der Waals surface area contributed by atoms with Gasteiger partial charge < -0.3 is 15.1 Å². The molecule has 0 saturated heterocycles. The lowest BCUT2D eigenvalue weighted by atomic mass is 9.98. The first-order chi connectivity index (χ1) is 11.8. The number of nitrogens with zero attached hydrogens (tertiary/aromatic N) is 2. The monoisotopic (exact) mass is 381 g/mol. The first kappa shape index (κ1) is 17.5. The minimum absolute atomic E-state index is 0.0516. The average Bonchev–Trinajstić information content (AvgIpc) is 2.90. The molecule has 2 aliphatic rings. The molecule has 0 saturated carbocycles. The molecule has 0 aromatic heterocycles. The molecule has 0 bridgehead atoms. The fourth-order valence-electron chi connectivity index (χ4n) is 3.00. The van der Waals surface area contributed by atoms with Crippen LogP contribution in [0.4, 0.5) is 5.69 Å². The standard InChI is InChI=1S/C17H17Cl2N3O3/c1-9-11(4-6-15(23)24)17(25)16-14(8-21(2)20-16)22(9)13-5-3-10(18)7-12(13)19/h3,5,7-8,20,25H,4,6H2,1-2H3,(H,23,24). The van der Waals surface area contributed by atoms with E-state index in [0.29, 0.717) is 27.0 Å². The van der Waals surface area contributed by atoms with Crippen LogP contribution in [0, 0.1) is 0 Å². The Balaban J connectivity index is 2.14. The van der Waals surface area contributed by atoms with E-state index >= 15 is 0 Å². The topological polar surface area (TPSA) is 76.0 Å². The van der Waals surface area contributed by atoms with E-state index in [0.717, 1.165) is 11.4 Å². The van der Waals surface area contributed by atoms with E-state index in [-0.39, 0.29) is 18.6 Å². The van der Waals surface area contributed by atoms with Crippen LogP contribution in [0.3, 0.4) is 0 Å². The minimum Gasteiger partial charge on any atom is -0.505 e. The summed E-state index contributed by atoms with van der Waals surface area (Å²) in [4.78, 5) is 12.9. The average molecular weight is 382 g/mol. The molecular weight excluding hydrogens is 365 g/mol. The molecule has 132 valence electrons. The summed E-state index contributed by atoms with van der Waals surface area (Å²) in [5.41, 5.74) is 6.26. The number of carboxylic acids is 1. The van der Waals surface area contributed by atoms with Gasteiger partial charge in [0.25, 0.3) is 0 Å². The number of nitrogens with one attached hydrogen (secondary N) is 1. The number of allylic oxidation sites excluding steroid dienone is 2. The zero-order valence-corrected chi connectivity index (χ0v) is 15.2. The molecule has 0 atom stereocenters. The van der Waals surface area contributed by atoms with Crippen LogP contribution in [-0.2, 0) is 4.79 Å². The van der Waals surface area contributed by atoms with Crippen LogP contribution < -0.4 is 10.3 Å². The lowest BCUT2D eigenvalue weighted by molar-refractivity contribution is -0.136. The van der Waals surface area contributed by atoms with Crippen LogP contribution in [0.1, 0.15) is 19.8 Å². The van der Waals surface area contributed by atoms with Gasteiger partial charge in [0, 0.05) is 36.0 Å². The van der Waals surface area contributed by atoms with Gasteiger partial charge in [0.05, 0.1) is 16.4 Å². The van der Waals surface area contributed by atoms with Crippen molar-refractivity contribution in [1.82, 2.24) is 10.4 Å². The van der Waals surface area contributed by atoms with E-state index in [1.54, 1.807) is 30.3 Å². The molecule has 1 aromatic carbocycles. The number of aliphatic carboxylic acids is 1. The molecule has 8 heteroatoms. The SMILES string of the molecule is CC1=C(CCC(=O)O)C(O)=C2NN(C)C=C2N1c1ccc(Cl)cc1Cl. The Labute approximate surface area is 155 Å². The Bertz CT molecular complexity index is 846. The van der Waals surface area contributed by atoms with E-state index in [9.17, 15) is 9.90 Å². The largest absolute Gasteiger partial charge is 0.505 e. The third-order valence-corrected chi connectivity index (χ3v) is 4.67. The number of halogens is 2. The van der Waals surface area contributed by atoms with E-state index < -0.39 is 5.97 Å². The molecule has 1 aromatic rings. The Kier molecular flexibility index (Phi) is 4.58. The summed E-state index contributed by atoms with van der Waals surface area (Å²) >= 11 is 12.4. The van der Waals surface area contributed by atoms with Crippen molar-refractivity contribution in [1.29, 1.82) is 0 Å². The second kappa shape index (κ2) is 6.54. The minimum atomic E-state index is -0.924. The number of hydrazine groups is 1. The maximum absolute atomic E-state index is 11.0. The van der Waals surface area contributed by atoms with Crippen molar-refractivity contribution in [2.45, 2.75) is 19.8 Å². The Hall–Kier alpha value is -2.31. The van der Waals surface area contributed by atoms with Crippen LogP contribution in [0.2, 0.25) is 10.0 Å². The highest BCUT2D eigenvalue weighted by molar-refractivity contribution is 6.36. The second-order valence-corrected chi connectivity index (χ2v) is 6.69. The van der Waals surface area contributed by atoms with Gasteiger partial charge in [0.15, 0.2) is 0 Å². The van der Waals surface area contributed by atoms with Crippen molar-refractivity contribution in [3.05, 3.63) is 62.9 Å². The predicted molar refractivity (Wildman–Crippen MR) is 97.1 cm³/mol. The number of carbonyl (C=O) groups is 1. The molecular formula is C17H17Cl2N3O3. The first-order valence-corrected chi connectivity index (χ1v) is 8.37. The van der Waals surface area contributed by atoms with E-state index in [4.69, 9.17) is 28.3 Å². The Morgan fingerprint density at radius 3 is 2.68 bits per heavy atom. The summed E-state index contributed by atoms with van der Waals surface area (Å²) in [7, 11) is 1.81. The molecule has 0 radical (unpaired) electrons. The molecule has 2 aliphatic heterocycles. The first-order valence-electron chi connectivity index (χ1n) is 7.61. The van der Waals surface area contributed by atoms with Gasteiger partial charge in [0.1, 0.15) is 11.5 Å². The summed E-state index contributed by atoms with van der Waals surface area (Å²) in [6.07, 6.45) is 1.95. The van der Waals surface area contributed by atoms with Gasteiger partial charge in [0.2, 0.25) is 0 Å². The van der Waals surface area contributed by atoms with Gasteiger partial charge in [-0.1, -0.05) is 23.2 Å². The highest BCUT2D eigenvalue weighted by Crippen LogP contribution is 2.42. The molecule has 25 heavy (non-hydrogen) atoms. The van der Waals surface area contributed by atoms with Crippen molar-refractivity contribution in [3.63, 3.8) is 0 Å². The number of carboxylic acid groups (broad SMARTS) is 1. The van der Waals surface area contributed by atoms with Crippen molar-refractivity contribution in [3.8, 4) is 0 Å². The van der Waals surface area contributed by atoms with E-state index in [1.165, 1.54) is 0 Å². The van der Waals surface area contributed by atoms with Gasteiger partial charge in [-0.25, -0.2) is 0 Å². The van der Waals surface area contributed by atoms with Crippen LogP contribution in [0.5, 0.6) is 0 Å². The summed E-state index contributed by atoms with van der Waals surface area (Å²) in [6, 6.07) is 5.17. The summed E-state index contributed by atoms with van der Waals surface area (Å²) in [5.74, 6) is -0.873. The molecule has 0 spiro atoms. The maximum Gasteiger partial charge on any atom is 0.303 e. The van der Waals surface area contributed by atoms with Crippen LogP contribution in [0.15, 0.2) is 52.8 Å². The van der Waals surface area contributed by atoms with E-state index in [1.807, 2.05) is 18.0 Å². The third kappa shape index (κ3) is 3.15. The van der Waals surface area contributed by atoms with Crippen molar-refractivity contribution in [2.75, 3.05) is 11.9 Å². The van der Waals surface area contributed by atoms with Crippen molar-refractivity contribution in [2.24, 2.45) is 0 Å². The van der Waals surface area contributed by atoms with E-state index in [2.05, 4.69) is 5.43 Å². The zero-order chi connectivity index (χ0) is 18.3. The molecule has 0 unspecified atom stereocenters. The molecule has 3 rings (SSSR count). The van der Waals surface area contributed by atoms with Crippen LogP contribution in [-0.4, -0.2) is 28.2 Å². The third-order valence-electron chi connectivity index (χ3n) is 4.14. The fraction of sp³-hybridized carbons (Fsp3) is 0.235. The summed E-state index contributed by atoms with van der Waals surface area (Å²) in [5, 5.41) is 22.3. The Morgan fingerprint density at radius 1 is 1.32 bits per heavy atom. The second-order valence-electron chi connectivity index (χ2n) is 5.85. The molecule has 0 aliphatic carbocycles. The number of aliphatic hydroxyl groups is 1. The van der Waals surface area contributed by atoms with Crippen LogP contribution in [0.25, 0.3) is 0 Å². The number of anilines is 1. The number of benzene rings is 1. The lowest BCUT2D eigenvalue weighted by Gasteiger charge is -2.33. The molecule has 3 N–H and O–H groups in total. The number of fused-ring (bicyclic) bond motifs is 1. The smallest absolute Gasteiger partial charge is 0.303 e. The van der Waals surface area contributed by atoms with Crippen molar-refractivity contribution < 1.29 is 15.0 Å². The van der Waals surface area contributed by atoms with Gasteiger partial charge in [-0.3, -0.25) is 15.2 Å². The number of aliphatic hydroxyl groups excluding tert-OH is 1. The van der Waals surface area contributed by atoms with Gasteiger partial charge in [-0.2, -0.15) is 0 Å². The van der Waals surface area contributed by atoms with Gasteiger partial charge >= 0.3 is 5.97 Å². The normalized spacial score (nSPS) is 16.9. The molecule has 2 heterocycles. The Morgan fingerprint density at radius 2 is 2.04 bits per heavy atom. The van der Waals surface area contributed by atoms with Crippen LogP contribution >= 0.6 is 23.2 Å². The summed E-state index contributed by atoms with van der Waals surface area (Å²) < 4.78 is 0. The zero-order valence-electron chi connectivity index (χ0n) is 13.7.